The van der Waals surface area contributed by atoms with Gasteiger partial charge in [-0.1, -0.05) is 0 Å². The van der Waals surface area contributed by atoms with Gasteiger partial charge in [-0.05, 0) is 48.5 Å². The molecule has 0 fully saturated rings. The van der Waals surface area contributed by atoms with Crippen LogP contribution < -0.4 is 4.74 Å². The molecular formula is C12H10F2OSe2. The van der Waals surface area contributed by atoms with E-state index in [1.54, 1.807) is 0 Å². The molecule has 0 N–H and O–H groups in total. The number of benzene rings is 2. The molecule has 0 bridgehead atoms. The fourth-order valence-corrected chi connectivity index (χ4v) is 1.14. The standard InChI is InChI=1S/C12H8F2O.H2Se2/c13-9-1-5-11(6-2-9)15-12-7-3-10(14)4-8-12;1-2/h1-8H;1-2H. The number of ether oxygens (including phenoxy) is 1. The van der Waals surface area contributed by atoms with Crippen molar-refractivity contribution in [2.45, 2.75) is 0 Å². The van der Waals surface area contributed by atoms with Crippen LogP contribution in [-0.2, 0) is 0 Å². The summed E-state index contributed by atoms with van der Waals surface area (Å²) in [5, 5.41) is 0. The Morgan fingerprint density at radius 3 is 1.24 bits per heavy atom. The molecule has 0 saturated heterocycles. The molecule has 0 aliphatic rings. The van der Waals surface area contributed by atoms with Crippen LogP contribution in [-0.4, -0.2) is 28.4 Å². The topological polar surface area (TPSA) is 9.23 Å². The van der Waals surface area contributed by atoms with Crippen molar-refractivity contribution in [2.75, 3.05) is 0 Å². The summed E-state index contributed by atoms with van der Waals surface area (Å²) in [6, 6.07) is 11.3. The third-order valence-electron chi connectivity index (χ3n) is 1.86. The third-order valence-corrected chi connectivity index (χ3v) is 1.86. The second-order valence-electron chi connectivity index (χ2n) is 3.01. The van der Waals surface area contributed by atoms with Crippen LogP contribution in [0, 0.1) is 11.6 Å². The molecule has 90 valence electrons. The van der Waals surface area contributed by atoms with Gasteiger partial charge in [0.2, 0.25) is 0 Å². The number of halogens is 2. The van der Waals surface area contributed by atoms with Gasteiger partial charge in [-0.2, -0.15) is 0 Å². The second kappa shape index (κ2) is 7.46. The third kappa shape index (κ3) is 4.88. The van der Waals surface area contributed by atoms with Gasteiger partial charge in [0.15, 0.2) is 0 Å². The molecule has 0 spiro atoms. The van der Waals surface area contributed by atoms with E-state index in [2.05, 4.69) is 28.4 Å². The molecule has 1 nitrogen and oxygen atoms in total. The molecule has 0 heterocycles. The van der Waals surface area contributed by atoms with Crippen molar-refractivity contribution in [3.05, 3.63) is 60.2 Å². The van der Waals surface area contributed by atoms with Crippen LogP contribution in [0.1, 0.15) is 0 Å². The number of rotatable bonds is 2. The molecule has 0 aliphatic carbocycles. The van der Waals surface area contributed by atoms with Gasteiger partial charge in [-0.25, -0.2) is 8.78 Å². The Bertz CT molecular complexity index is 400. The van der Waals surface area contributed by atoms with Crippen LogP contribution in [0.4, 0.5) is 8.78 Å². The molecule has 0 atom stereocenters. The molecule has 2 aromatic rings. The average molecular weight is 366 g/mol. The maximum atomic E-state index is 12.6. The number of hydrogen-bond donors (Lipinski definition) is 0. The molecule has 2 aromatic carbocycles. The van der Waals surface area contributed by atoms with E-state index in [1.807, 2.05) is 0 Å². The van der Waals surface area contributed by atoms with Gasteiger partial charge in [-0.3, -0.25) is 0 Å². The van der Waals surface area contributed by atoms with Crippen LogP contribution in [0.15, 0.2) is 48.5 Å². The Hall–Kier alpha value is -0.861. The van der Waals surface area contributed by atoms with Crippen LogP contribution in [0.3, 0.4) is 0 Å². The van der Waals surface area contributed by atoms with Gasteiger partial charge < -0.3 is 4.74 Å². The van der Waals surface area contributed by atoms with Gasteiger partial charge in [-0.15, -0.1) is 0 Å². The van der Waals surface area contributed by atoms with Gasteiger partial charge in [0.25, 0.3) is 0 Å². The minimum absolute atomic E-state index is 0.318. The Kier molecular flexibility index (Phi) is 6.23. The van der Waals surface area contributed by atoms with Crippen molar-refractivity contribution in [1.82, 2.24) is 0 Å². The molecule has 2 rings (SSSR count). The first-order chi connectivity index (χ1) is 8.24. The van der Waals surface area contributed by atoms with Gasteiger partial charge >= 0.3 is 28.4 Å². The van der Waals surface area contributed by atoms with Gasteiger partial charge in [0.05, 0.1) is 0 Å². The molecule has 17 heavy (non-hydrogen) atoms. The predicted molar refractivity (Wildman–Crippen MR) is 67.2 cm³/mol. The fraction of sp³-hybridized carbons (Fsp3) is 0. The predicted octanol–water partition coefficient (Wildman–Crippen LogP) is 2.46. The first-order valence-corrected chi connectivity index (χ1v) is 9.83. The van der Waals surface area contributed by atoms with E-state index in [4.69, 9.17) is 4.74 Å². The van der Waals surface area contributed by atoms with Crippen molar-refractivity contribution in [2.24, 2.45) is 0 Å². The zero-order valence-corrected chi connectivity index (χ0v) is 12.4. The summed E-state index contributed by atoms with van der Waals surface area (Å²) in [6.07, 6.45) is 0. The molecule has 5 heteroatoms. The first kappa shape index (κ1) is 14.2. The number of hydrogen-bond acceptors (Lipinski definition) is 1. The summed E-state index contributed by atoms with van der Waals surface area (Å²) >= 11 is 4.50. The molecule has 0 amide bonds. The minimum atomic E-state index is -0.318. The van der Waals surface area contributed by atoms with Crippen molar-refractivity contribution >= 4 is 28.4 Å². The Morgan fingerprint density at radius 1 is 0.647 bits per heavy atom. The summed E-state index contributed by atoms with van der Waals surface area (Å²) in [5.41, 5.74) is 0. The molecule has 0 unspecified atom stereocenters. The van der Waals surface area contributed by atoms with Gasteiger partial charge in [0, 0.05) is 0 Å². The Labute approximate surface area is 113 Å². The van der Waals surface area contributed by atoms with Crippen molar-refractivity contribution in [3.8, 4) is 11.5 Å². The average Bonchev–Trinajstić information content (AvgIpc) is 2.37. The summed E-state index contributed by atoms with van der Waals surface area (Å²) in [5.74, 6) is 0.397. The van der Waals surface area contributed by atoms with E-state index >= 15 is 0 Å². The van der Waals surface area contributed by atoms with Crippen LogP contribution >= 0.6 is 0 Å². The van der Waals surface area contributed by atoms with E-state index < -0.39 is 0 Å². The Morgan fingerprint density at radius 2 is 0.941 bits per heavy atom. The van der Waals surface area contributed by atoms with E-state index in [0.29, 0.717) is 11.5 Å². The summed E-state index contributed by atoms with van der Waals surface area (Å²) in [4.78, 5) is 0. The Balaban J connectivity index is 0.000000686. The van der Waals surface area contributed by atoms with E-state index in [1.165, 1.54) is 48.5 Å². The summed E-state index contributed by atoms with van der Waals surface area (Å²) < 4.78 is 30.5. The van der Waals surface area contributed by atoms with Gasteiger partial charge in [0.1, 0.15) is 23.1 Å². The second-order valence-corrected chi connectivity index (χ2v) is 3.01. The van der Waals surface area contributed by atoms with E-state index in [0.717, 1.165) is 0 Å². The zero-order valence-electron chi connectivity index (χ0n) is 8.68. The SMILES string of the molecule is Fc1ccc(Oc2ccc(F)cc2)cc1.[SeH][SeH]. The van der Waals surface area contributed by atoms with Crippen LogP contribution in [0.5, 0.6) is 11.5 Å². The van der Waals surface area contributed by atoms with Crippen molar-refractivity contribution < 1.29 is 13.5 Å². The van der Waals surface area contributed by atoms with E-state index in [-0.39, 0.29) is 11.6 Å². The molecule has 0 saturated carbocycles. The normalized spacial score (nSPS) is 9.18. The molecule has 0 radical (unpaired) electrons. The summed E-state index contributed by atoms with van der Waals surface area (Å²) in [6.45, 7) is 0. The fourth-order valence-electron chi connectivity index (χ4n) is 1.14. The maximum absolute atomic E-state index is 12.6. The zero-order chi connectivity index (χ0) is 12.7. The monoisotopic (exact) mass is 368 g/mol. The summed E-state index contributed by atoms with van der Waals surface area (Å²) in [7, 11) is 0. The van der Waals surface area contributed by atoms with E-state index in [9.17, 15) is 8.78 Å². The van der Waals surface area contributed by atoms with Crippen LogP contribution in [0.2, 0.25) is 0 Å². The molecular weight excluding hydrogens is 356 g/mol. The molecule has 0 aliphatic heterocycles. The first-order valence-electron chi connectivity index (χ1n) is 4.63. The van der Waals surface area contributed by atoms with Crippen molar-refractivity contribution in [3.63, 3.8) is 0 Å². The molecule has 0 aromatic heterocycles. The quantitative estimate of drug-likeness (QED) is 0.743. The van der Waals surface area contributed by atoms with Crippen LogP contribution in [0.25, 0.3) is 0 Å². The van der Waals surface area contributed by atoms with Crippen molar-refractivity contribution in [1.29, 1.82) is 0 Å².